The Morgan fingerprint density at radius 3 is 2.11 bits per heavy atom. The molecule has 1 aliphatic heterocycles. The highest BCUT2D eigenvalue weighted by atomic mass is 32.2. The number of ether oxygens (including phenoxy) is 1. The Labute approximate surface area is 214 Å². The van der Waals surface area contributed by atoms with Gasteiger partial charge in [0.15, 0.2) is 0 Å². The number of piperazine rings is 1. The van der Waals surface area contributed by atoms with Crippen LogP contribution in [0, 0.1) is 0 Å². The van der Waals surface area contributed by atoms with Gasteiger partial charge < -0.3 is 14.2 Å². The van der Waals surface area contributed by atoms with Gasteiger partial charge in [-0.2, -0.15) is 4.31 Å². The Kier molecular flexibility index (Phi) is 8.29. The molecule has 36 heavy (non-hydrogen) atoms. The molecule has 0 spiro atoms. The lowest BCUT2D eigenvalue weighted by Crippen LogP contribution is -2.62. The number of hydroxylamine groups is 1. The van der Waals surface area contributed by atoms with E-state index in [-0.39, 0.29) is 35.5 Å². The molecule has 1 fully saturated rings. The molecule has 1 atom stereocenters. The molecule has 0 aliphatic carbocycles. The van der Waals surface area contributed by atoms with E-state index in [1.54, 1.807) is 24.3 Å². The average Bonchev–Trinajstić information content (AvgIpc) is 2.82. The molecule has 2 aromatic rings. The molecule has 3 rings (SSSR count). The third kappa shape index (κ3) is 6.33. The van der Waals surface area contributed by atoms with Crippen molar-refractivity contribution in [2.45, 2.75) is 56.8 Å². The lowest BCUT2D eigenvalue weighted by atomic mass is 10.2. The van der Waals surface area contributed by atoms with Crippen LogP contribution in [0.4, 0.5) is 0 Å². The molecule has 0 aromatic heterocycles. The number of rotatable bonds is 7. The smallest absolute Gasteiger partial charge is 0.262 e. The normalized spacial score (nSPS) is 17.5. The van der Waals surface area contributed by atoms with Crippen LogP contribution in [0.2, 0.25) is 18.1 Å². The first kappa shape index (κ1) is 27.8. The van der Waals surface area contributed by atoms with Gasteiger partial charge in [0.25, 0.3) is 5.91 Å². The number of carbonyl (C=O) groups excluding carboxylic acids is 2. The van der Waals surface area contributed by atoms with Crippen molar-refractivity contribution in [2.75, 3.05) is 19.6 Å². The Hall–Kier alpha value is -2.73. The van der Waals surface area contributed by atoms with Gasteiger partial charge in [-0.3, -0.25) is 9.59 Å². The number of amides is 2. The van der Waals surface area contributed by atoms with Gasteiger partial charge in [0.1, 0.15) is 17.5 Å². The van der Waals surface area contributed by atoms with E-state index in [1.165, 1.54) is 24.0 Å². The van der Waals surface area contributed by atoms with Crippen LogP contribution in [0.15, 0.2) is 59.5 Å². The zero-order valence-corrected chi connectivity index (χ0v) is 23.5. The molecule has 1 N–H and O–H groups in total. The highest BCUT2D eigenvalue weighted by Crippen LogP contribution is 2.36. The molecule has 0 saturated carbocycles. The second kappa shape index (κ2) is 10.7. The molecule has 0 unspecified atom stereocenters. The Morgan fingerprint density at radius 2 is 1.56 bits per heavy atom. The highest BCUT2D eigenvalue weighted by molar-refractivity contribution is 7.89. The first-order chi connectivity index (χ1) is 16.7. The van der Waals surface area contributed by atoms with Crippen LogP contribution in [-0.4, -0.2) is 63.4 Å². The van der Waals surface area contributed by atoms with Crippen LogP contribution in [0.5, 0.6) is 11.5 Å². The number of benzene rings is 2. The van der Waals surface area contributed by atoms with Crippen LogP contribution in [0.25, 0.3) is 0 Å². The molecule has 2 amide bonds. The Morgan fingerprint density at radius 1 is 0.972 bits per heavy atom. The first-order valence-corrected chi connectivity index (χ1v) is 16.2. The lowest BCUT2D eigenvalue weighted by Gasteiger charge is -2.40. The van der Waals surface area contributed by atoms with Gasteiger partial charge in [-0.1, -0.05) is 39.0 Å². The Bertz CT molecular complexity index is 1180. The molecule has 9 nitrogen and oxygen atoms in total. The summed E-state index contributed by atoms with van der Waals surface area (Å²) in [4.78, 5) is 26.7. The number of nitrogens with zero attached hydrogens (tertiary/aromatic N) is 2. The minimum atomic E-state index is -4.04. The second-order valence-corrected chi connectivity index (χ2v) is 16.9. The maximum atomic E-state index is 13.6. The van der Waals surface area contributed by atoms with Gasteiger partial charge in [-0.05, 0) is 54.5 Å². The van der Waals surface area contributed by atoms with Crippen molar-refractivity contribution in [1.29, 1.82) is 0 Å². The van der Waals surface area contributed by atoms with Crippen molar-refractivity contribution in [3.05, 3.63) is 54.6 Å². The summed E-state index contributed by atoms with van der Waals surface area (Å²) >= 11 is 0. The summed E-state index contributed by atoms with van der Waals surface area (Å²) in [6.07, 6.45) is 0. The van der Waals surface area contributed by atoms with Crippen molar-refractivity contribution in [3.8, 4) is 11.5 Å². The zero-order chi connectivity index (χ0) is 26.7. The summed E-state index contributed by atoms with van der Waals surface area (Å²) in [5.41, 5.74) is 2.51. The number of para-hydroxylation sites is 1. The van der Waals surface area contributed by atoms with Crippen LogP contribution in [0.1, 0.15) is 27.7 Å². The van der Waals surface area contributed by atoms with Crippen molar-refractivity contribution in [1.82, 2.24) is 14.7 Å². The number of hydrogen-bond donors (Lipinski definition) is 1. The van der Waals surface area contributed by atoms with E-state index >= 15 is 0 Å². The Balaban J connectivity index is 1.82. The van der Waals surface area contributed by atoms with Gasteiger partial charge >= 0.3 is 0 Å². The summed E-state index contributed by atoms with van der Waals surface area (Å²) in [7, 11) is -6.38. The largest absolute Gasteiger partial charge is 0.457 e. The van der Waals surface area contributed by atoms with Gasteiger partial charge in [-0.25, -0.2) is 13.9 Å². The van der Waals surface area contributed by atoms with Crippen molar-refractivity contribution < 1.29 is 27.3 Å². The standard InChI is InChI=1S/C25H35N3O6SSi/c1-19(29)27-16-17-28(23(18-27)24(30)26-34-36(5,6)25(2,3)4)35(31,32)22-14-12-21(13-15-22)33-20-10-8-7-9-11-20/h7-15,23H,16-18H2,1-6H3,(H,26,30)/t23-/m1/s1. The minimum absolute atomic E-state index is 0.0115. The molecular formula is C25H35N3O6SSi. The number of carbonyl (C=O) groups is 2. The fourth-order valence-electron chi connectivity index (χ4n) is 3.39. The molecule has 0 radical (unpaired) electrons. The van der Waals surface area contributed by atoms with Crippen LogP contribution >= 0.6 is 0 Å². The SMILES string of the molecule is CC(=O)N1CCN(S(=O)(=O)c2ccc(Oc3ccccc3)cc2)[C@@H](C(=O)NO[Si](C)(C)C(C)(C)C)C1. The molecule has 1 aliphatic rings. The van der Waals surface area contributed by atoms with E-state index in [9.17, 15) is 18.0 Å². The maximum absolute atomic E-state index is 13.6. The van der Waals surface area contributed by atoms with E-state index in [2.05, 4.69) is 5.48 Å². The van der Waals surface area contributed by atoms with E-state index in [0.29, 0.717) is 11.5 Å². The third-order valence-corrected chi connectivity index (χ3v) is 12.8. The fraction of sp³-hybridized carbons (Fsp3) is 0.440. The quantitative estimate of drug-likeness (QED) is 0.429. The van der Waals surface area contributed by atoms with E-state index in [4.69, 9.17) is 9.26 Å². The van der Waals surface area contributed by atoms with Gasteiger partial charge in [0.05, 0.1) is 4.90 Å². The second-order valence-electron chi connectivity index (χ2n) is 10.3. The lowest BCUT2D eigenvalue weighted by molar-refractivity contribution is -0.138. The van der Waals surface area contributed by atoms with Gasteiger partial charge in [0, 0.05) is 26.6 Å². The van der Waals surface area contributed by atoms with Crippen molar-refractivity contribution in [3.63, 3.8) is 0 Å². The monoisotopic (exact) mass is 533 g/mol. The maximum Gasteiger partial charge on any atom is 0.262 e. The van der Waals surface area contributed by atoms with Crippen molar-refractivity contribution >= 4 is 30.2 Å². The van der Waals surface area contributed by atoms with Gasteiger partial charge in [-0.15, -0.1) is 0 Å². The molecule has 1 saturated heterocycles. The summed E-state index contributed by atoms with van der Waals surface area (Å²) in [6.45, 7) is 11.6. The third-order valence-electron chi connectivity index (χ3n) is 6.70. The number of sulfonamides is 1. The van der Waals surface area contributed by atoms with Gasteiger partial charge in [0.2, 0.25) is 24.2 Å². The molecule has 11 heteroatoms. The minimum Gasteiger partial charge on any atom is -0.457 e. The zero-order valence-electron chi connectivity index (χ0n) is 21.6. The van der Waals surface area contributed by atoms with E-state index in [1.807, 2.05) is 52.1 Å². The van der Waals surface area contributed by atoms with E-state index in [0.717, 1.165) is 4.31 Å². The summed E-state index contributed by atoms with van der Waals surface area (Å²) in [6, 6.07) is 14.1. The molecule has 196 valence electrons. The molecule has 0 bridgehead atoms. The van der Waals surface area contributed by atoms with Crippen LogP contribution in [0.3, 0.4) is 0 Å². The number of hydrogen-bond acceptors (Lipinski definition) is 6. The van der Waals surface area contributed by atoms with E-state index < -0.39 is 30.3 Å². The predicted molar refractivity (Wildman–Crippen MR) is 139 cm³/mol. The first-order valence-electron chi connectivity index (χ1n) is 11.8. The topological polar surface area (TPSA) is 105 Å². The number of nitrogens with one attached hydrogen (secondary N) is 1. The highest BCUT2D eigenvalue weighted by Gasteiger charge is 2.43. The predicted octanol–water partition coefficient (Wildman–Crippen LogP) is 3.75. The fourth-order valence-corrected chi connectivity index (χ4v) is 5.62. The van der Waals surface area contributed by atoms with Crippen LogP contribution < -0.4 is 10.2 Å². The molecule has 1 heterocycles. The summed E-state index contributed by atoms with van der Waals surface area (Å²) in [5.74, 6) is 0.293. The van der Waals surface area contributed by atoms with Crippen molar-refractivity contribution in [2.24, 2.45) is 0 Å². The molecule has 2 aromatic carbocycles. The molecular weight excluding hydrogens is 498 g/mol. The van der Waals surface area contributed by atoms with Crippen LogP contribution in [-0.2, 0) is 24.1 Å². The summed E-state index contributed by atoms with van der Waals surface area (Å²) in [5, 5.41) is -0.159. The summed E-state index contributed by atoms with van der Waals surface area (Å²) < 4.78 is 39.9. The average molecular weight is 534 g/mol.